The van der Waals surface area contributed by atoms with Crippen LogP contribution in [0.3, 0.4) is 0 Å². The van der Waals surface area contributed by atoms with Crippen LogP contribution in [-0.2, 0) is 73.2 Å². The molecule has 0 saturated carbocycles. The first-order chi connectivity index (χ1) is 52.5. The summed E-state index contributed by atoms with van der Waals surface area (Å²) in [5, 5.41) is 89.5. The van der Waals surface area contributed by atoms with Gasteiger partial charge in [0.05, 0.1) is 77.2 Å². The van der Waals surface area contributed by atoms with Crippen LogP contribution >= 0.6 is 15.2 Å². The number of likely N-dealkylation sites (N-methyl/N-ethyl adjacent to an activating group) is 2. The predicted octanol–water partition coefficient (Wildman–Crippen LogP) is -5.28. The van der Waals surface area contributed by atoms with Crippen molar-refractivity contribution in [2.75, 3.05) is 190 Å². The van der Waals surface area contributed by atoms with Gasteiger partial charge < -0.3 is 102 Å². The number of nitrogens with zero attached hydrogens (tertiary/aromatic N) is 11. The fourth-order valence-corrected chi connectivity index (χ4v) is 12.9. The summed E-state index contributed by atoms with van der Waals surface area (Å²) in [4.78, 5) is 205. The minimum Gasteiger partial charge on any atom is -0.480 e. The molecule has 0 bridgehead atoms. The molecule has 0 aliphatic carbocycles. The van der Waals surface area contributed by atoms with Crippen LogP contribution in [0, 0.1) is 0 Å². The summed E-state index contributed by atoms with van der Waals surface area (Å²) < 4.78 is 24.4. The van der Waals surface area contributed by atoms with Gasteiger partial charge in [0.25, 0.3) is 5.91 Å². The Morgan fingerprint density at radius 1 is 0.577 bits per heavy atom. The highest BCUT2D eigenvalue weighted by Crippen LogP contribution is 2.40. The average molecular weight is 1620 g/mol. The number of carbonyl (C=O) groups excluding carboxylic acids is 7. The molecular formula is C65H110N18O26P2. The molecular weight excluding hydrogens is 1510 g/mol. The van der Waals surface area contributed by atoms with Gasteiger partial charge in [-0.2, -0.15) is 5.10 Å². The third-order valence-corrected chi connectivity index (χ3v) is 18.1. The number of amidine groups is 1. The fourth-order valence-electron chi connectivity index (χ4n) is 11.3. The molecule has 626 valence electrons. The van der Waals surface area contributed by atoms with E-state index in [1.54, 1.807) is 28.1 Å². The number of aryl methyl sites for hydroxylation is 1. The molecule has 46 heteroatoms. The number of hydrogen-bond donors (Lipinski definition) is 18. The molecule has 1 fully saturated rings. The third kappa shape index (κ3) is 47.2. The zero-order valence-electron chi connectivity index (χ0n) is 62.6. The van der Waals surface area contributed by atoms with Crippen molar-refractivity contribution < 1.29 is 127 Å². The molecule has 0 spiro atoms. The Kier molecular flexibility index (Phi) is 47.7. The van der Waals surface area contributed by atoms with E-state index in [4.69, 9.17) is 34.6 Å². The maximum Gasteiger partial charge on any atom is 0.339 e. The quantitative estimate of drug-likeness (QED) is 0.0167. The van der Waals surface area contributed by atoms with Crippen molar-refractivity contribution in [2.24, 2.45) is 4.99 Å². The molecule has 4 rings (SSSR count). The number of fused-ring (bicyclic) bond motifs is 1. The summed E-state index contributed by atoms with van der Waals surface area (Å²) in [6.45, 7) is 5.90. The van der Waals surface area contributed by atoms with Crippen LogP contribution in [0.25, 0.3) is 10.9 Å². The number of hydrogen-bond acceptors (Lipinski definition) is 26. The van der Waals surface area contributed by atoms with Crippen LogP contribution in [0.2, 0.25) is 0 Å². The number of aliphatic imine (C=N–C) groups is 1. The van der Waals surface area contributed by atoms with Gasteiger partial charge in [-0.1, -0.05) is 19.4 Å². The first-order valence-electron chi connectivity index (χ1n) is 35.7. The number of carbonyl (C=O) groups is 13. The summed E-state index contributed by atoms with van der Waals surface area (Å²) in [6.07, 6.45) is 6.36. The standard InChI is InChI=1S/C37H54N10O12.C27H54N8O13P2.CH2O/c48-30(43-31(49)20-41-37(59)26-8-9-28-27(18-26)19-42-47(28)13-5-12-39-29-6-4-11-38-29)7-2-1-3-10-40-32(50)21-45(23-34(53)54)16-14-44(22-33(51)52)15-17-46(24-35(55)56)25-36(57)58;1-3-31-8-10-32(12-13-34(19-26(40)41)15-14-33(11-9-31)18-25(38)39)17-24(37)30-22(27(42)28-2)6-4-5-7-29-23(36)16-35(20-49(43,44)45)21-50(46,47)48;1-2/h4,8-9,11,18-19,31,49H,1-3,5-7,10,12-17,20-25H2,(H,38,39)(H,40,50)(H,41,59)(H,43,48)(H,51,52)(H,53,54)(H,55,56)(H,57,58);22H,3-21H2,1-2H3,(H,28,42)(H,29,36)(H,30,37)(H,38,39)(H,40,41)(H2,43,44,45)(H2,46,47,48);1H2/t31-;22-;/m11./s1. The van der Waals surface area contributed by atoms with E-state index in [0.29, 0.717) is 115 Å². The first kappa shape index (κ1) is 98.2. The summed E-state index contributed by atoms with van der Waals surface area (Å²) in [5.41, 5.74) is 1.25. The number of nitrogens with one attached hydrogen (secondary N) is 7. The Balaban J connectivity index is 0.000000747. The van der Waals surface area contributed by atoms with Crippen molar-refractivity contribution in [1.82, 2.24) is 86.2 Å². The number of aliphatic carboxylic acids is 6. The fraction of sp³-hybridized carbons (Fsp3) is 0.646. The van der Waals surface area contributed by atoms with Gasteiger partial charge in [-0.3, -0.25) is 111 Å². The van der Waals surface area contributed by atoms with E-state index in [1.807, 2.05) is 41.6 Å². The van der Waals surface area contributed by atoms with E-state index in [9.17, 15) is 92.2 Å². The van der Waals surface area contributed by atoms with Gasteiger partial charge in [0.15, 0.2) is 0 Å². The second-order valence-corrected chi connectivity index (χ2v) is 29.1. The SMILES string of the molecule is C=O.CCN1CCN(CC(=O)O)CCN(CC(=O)O)CCN(CC(=O)N[C@H](CCCCNC(=O)CN(CP(=O)(O)O)CP(=O)(O)O)C(=O)NC)CC1.O=C(O)CN(CCN(CC(=O)O)CC(=O)O)CCN(CC(=O)O)CC(=O)NCCCCCC(=O)N[C@H](O)CNC(=O)c1ccc2c(cnn2CCCN=C2CC=CN2)c1. The number of carboxylic acids is 6. The number of aliphatic hydroxyl groups excluding tert-OH is 1. The summed E-state index contributed by atoms with van der Waals surface area (Å²) in [5.74, 6) is -8.87. The van der Waals surface area contributed by atoms with Crippen molar-refractivity contribution in [2.45, 2.75) is 83.5 Å². The van der Waals surface area contributed by atoms with Gasteiger partial charge in [-0.25, -0.2) is 0 Å². The van der Waals surface area contributed by atoms with Crippen LogP contribution in [-0.4, -0.2) is 390 Å². The Morgan fingerprint density at radius 3 is 1.55 bits per heavy atom. The third-order valence-electron chi connectivity index (χ3n) is 16.6. The van der Waals surface area contributed by atoms with E-state index in [0.717, 1.165) is 34.5 Å². The lowest BCUT2D eigenvalue weighted by molar-refractivity contribution is -0.143. The van der Waals surface area contributed by atoms with Crippen molar-refractivity contribution in [3.63, 3.8) is 0 Å². The molecule has 2 aliphatic rings. The zero-order valence-corrected chi connectivity index (χ0v) is 64.3. The van der Waals surface area contributed by atoms with Gasteiger partial charge in [-0.05, 0) is 69.5 Å². The lowest BCUT2D eigenvalue weighted by Crippen LogP contribution is -2.51. The molecule has 18 N–H and O–H groups in total. The lowest BCUT2D eigenvalue weighted by atomic mass is 10.1. The predicted molar refractivity (Wildman–Crippen MR) is 399 cm³/mol. The van der Waals surface area contributed by atoms with Gasteiger partial charge in [0.2, 0.25) is 29.5 Å². The molecule has 111 heavy (non-hydrogen) atoms. The molecule has 0 unspecified atom stereocenters. The van der Waals surface area contributed by atoms with E-state index in [2.05, 4.69) is 52.2 Å². The van der Waals surface area contributed by atoms with Crippen LogP contribution in [0.1, 0.15) is 75.1 Å². The van der Waals surface area contributed by atoms with Crippen molar-refractivity contribution in [3.8, 4) is 0 Å². The van der Waals surface area contributed by atoms with Crippen molar-refractivity contribution >= 4 is 110 Å². The van der Waals surface area contributed by atoms with Crippen LogP contribution < -0.4 is 37.2 Å². The number of aliphatic hydroxyl groups is 1. The van der Waals surface area contributed by atoms with Gasteiger partial charge in [0.1, 0.15) is 37.5 Å². The Morgan fingerprint density at radius 2 is 1.06 bits per heavy atom. The van der Waals surface area contributed by atoms with Crippen LogP contribution in [0.15, 0.2) is 41.7 Å². The first-order valence-corrected chi connectivity index (χ1v) is 39.3. The highest BCUT2D eigenvalue weighted by atomic mass is 31.2. The van der Waals surface area contributed by atoms with E-state index < -0.39 is 144 Å². The van der Waals surface area contributed by atoms with Gasteiger partial charge >= 0.3 is 51.0 Å². The van der Waals surface area contributed by atoms with Crippen LogP contribution in [0.4, 0.5) is 0 Å². The molecule has 1 aromatic heterocycles. The molecule has 0 radical (unpaired) electrons. The Labute approximate surface area is 641 Å². The average Bonchev–Trinajstić information content (AvgIpc) is 1.68. The molecule has 2 aliphatic heterocycles. The summed E-state index contributed by atoms with van der Waals surface area (Å²) in [6, 6.07) is 4.29. The second kappa shape index (κ2) is 53.9. The largest absolute Gasteiger partial charge is 0.480 e. The normalized spacial score (nSPS) is 15.0. The van der Waals surface area contributed by atoms with E-state index in [-0.39, 0.29) is 84.8 Å². The molecule has 2 atom stereocenters. The maximum absolute atomic E-state index is 13.2. The summed E-state index contributed by atoms with van der Waals surface area (Å²) >= 11 is 0. The minimum absolute atomic E-state index is 0.00232. The van der Waals surface area contributed by atoms with Crippen molar-refractivity contribution in [3.05, 3.63) is 42.2 Å². The number of amides is 6. The number of benzene rings is 1. The number of aromatic nitrogens is 2. The summed E-state index contributed by atoms with van der Waals surface area (Å²) in [7, 11) is -7.96. The number of carboxylic acid groups (broad SMARTS) is 6. The second-order valence-electron chi connectivity index (χ2n) is 25.9. The monoisotopic (exact) mass is 1620 g/mol. The molecule has 6 amide bonds. The Hall–Kier alpha value is -8.85. The molecule has 1 aromatic carbocycles. The van der Waals surface area contributed by atoms with Crippen molar-refractivity contribution in [1.29, 1.82) is 0 Å². The van der Waals surface area contributed by atoms with E-state index in [1.165, 1.54) is 16.8 Å². The van der Waals surface area contributed by atoms with Gasteiger partial charge in [-0.15, -0.1) is 0 Å². The smallest absolute Gasteiger partial charge is 0.339 e. The molecule has 1 saturated heterocycles. The van der Waals surface area contributed by atoms with Crippen LogP contribution in [0.5, 0.6) is 0 Å². The highest BCUT2D eigenvalue weighted by Gasteiger charge is 2.29. The zero-order chi connectivity index (χ0) is 83.1. The number of unbranched alkanes of at least 4 members (excludes halogenated alkanes) is 3. The minimum atomic E-state index is -4.69. The highest BCUT2D eigenvalue weighted by molar-refractivity contribution is 7.52. The van der Waals surface area contributed by atoms with E-state index >= 15 is 0 Å². The molecule has 2 aromatic rings. The number of rotatable bonds is 50. The maximum atomic E-state index is 13.2. The lowest BCUT2D eigenvalue weighted by Gasteiger charge is -2.33. The van der Waals surface area contributed by atoms with Gasteiger partial charge in [0, 0.05) is 136 Å². The topological polar surface area (TPSA) is 619 Å². The molecule has 44 nitrogen and oxygen atoms in total. The molecule has 3 heterocycles. The Bertz CT molecular complexity index is 3420.